The minimum absolute atomic E-state index is 0.110. The lowest BCUT2D eigenvalue weighted by molar-refractivity contribution is -0.138. The SMILES string of the molecule is CCOC(=O)/C(C#N)=C1/S[C@@H](Cc2cccc(C)c2)C(=O)N1c1ccc(F)cc1. The monoisotopic (exact) mass is 410 g/mol. The zero-order valence-corrected chi connectivity index (χ0v) is 16.8. The first-order valence-corrected chi connectivity index (χ1v) is 9.95. The van der Waals surface area contributed by atoms with Crippen LogP contribution >= 0.6 is 11.8 Å². The molecular weight excluding hydrogens is 391 g/mol. The first kappa shape index (κ1) is 20.6. The number of rotatable bonds is 5. The lowest BCUT2D eigenvalue weighted by Crippen LogP contribution is -2.30. The summed E-state index contributed by atoms with van der Waals surface area (Å²) in [5.41, 5.74) is 2.21. The minimum Gasteiger partial charge on any atom is -0.462 e. The van der Waals surface area contributed by atoms with Crippen LogP contribution in [0.1, 0.15) is 18.1 Å². The van der Waals surface area contributed by atoms with Crippen LogP contribution in [0.2, 0.25) is 0 Å². The van der Waals surface area contributed by atoms with Crippen LogP contribution in [0.15, 0.2) is 59.1 Å². The molecule has 5 nitrogen and oxygen atoms in total. The normalized spacial score (nSPS) is 17.8. The van der Waals surface area contributed by atoms with Gasteiger partial charge in [0.15, 0.2) is 5.57 Å². The number of hydrogen-bond donors (Lipinski definition) is 0. The molecule has 1 saturated heterocycles. The van der Waals surface area contributed by atoms with Crippen molar-refractivity contribution >= 4 is 29.3 Å². The maximum atomic E-state index is 13.4. The molecule has 148 valence electrons. The molecule has 0 bridgehead atoms. The number of thioether (sulfide) groups is 1. The Balaban J connectivity index is 2.03. The number of anilines is 1. The predicted octanol–water partition coefficient (Wildman–Crippen LogP) is 4.12. The molecule has 1 heterocycles. The topological polar surface area (TPSA) is 70.4 Å². The first-order chi connectivity index (χ1) is 13.9. The van der Waals surface area contributed by atoms with E-state index in [1.54, 1.807) is 6.92 Å². The van der Waals surface area contributed by atoms with Crippen LogP contribution < -0.4 is 4.90 Å². The number of hydrogen-bond acceptors (Lipinski definition) is 5. The van der Waals surface area contributed by atoms with Gasteiger partial charge in [-0.3, -0.25) is 9.69 Å². The Hall–Kier alpha value is -3.11. The van der Waals surface area contributed by atoms with Gasteiger partial charge in [-0.05, 0) is 50.1 Å². The van der Waals surface area contributed by atoms with Crippen molar-refractivity contribution in [2.75, 3.05) is 11.5 Å². The fourth-order valence-corrected chi connectivity index (χ4v) is 4.35. The van der Waals surface area contributed by atoms with Gasteiger partial charge in [0.05, 0.1) is 11.9 Å². The van der Waals surface area contributed by atoms with Gasteiger partial charge in [-0.1, -0.05) is 41.6 Å². The van der Waals surface area contributed by atoms with Crippen molar-refractivity contribution in [2.24, 2.45) is 0 Å². The molecule has 2 aromatic carbocycles. The highest BCUT2D eigenvalue weighted by Crippen LogP contribution is 2.42. The smallest absolute Gasteiger partial charge is 0.351 e. The maximum Gasteiger partial charge on any atom is 0.351 e. The largest absolute Gasteiger partial charge is 0.462 e. The highest BCUT2D eigenvalue weighted by atomic mass is 32.2. The number of amides is 1. The van der Waals surface area contributed by atoms with E-state index in [0.29, 0.717) is 12.1 Å². The Morgan fingerprint density at radius 1 is 1.28 bits per heavy atom. The Morgan fingerprint density at radius 3 is 2.62 bits per heavy atom. The summed E-state index contributed by atoms with van der Waals surface area (Å²) < 4.78 is 18.4. The Morgan fingerprint density at radius 2 is 2.00 bits per heavy atom. The molecule has 0 unspecified atom stereocenters. The molecule has 0 aromatic heterocycles. The second-order valence-electron chi connectivity index (χ2n) is 6.46. The molecule has 0 radical (unpaired) electrons. The van der Waals surface area contributed by atoms with Gasteiger partial charge in [0, 0.05) is 5.69 Å². The molecule has 0 aliphatic carbocycles. The number of nitrogens with zero attached hydrogens (tertiary/aromatic N) is 2. The molecule has 3 rings (SSSR count). The molecule has 7 heteroatoms. The van der Waals surface area contributed by atoms with Gasteiger partial charge in [-0.2, -0.15) is 5.26 Å². The van der Waals surface area contributed by atoms with E-state index in [4.69, 9.17) is 4.74 Å². The van der Waals surface area contributed by atoms with Crippen molar-refractivity contribution in [1.29, 1.82) is 5.26 Å². The van der Waals surface area contributed by atoms with Gasteiger partial charge in [-0.25, -0.2) is 9.18 Å². The predicted molar refractivity (Wildman–Crippen MR) is 109 cm³/mol. The number of nitriles is 1. The van der Waals surface area contributed by atoms with Gasteiger partial charge in [0.25, 0.3) is 0 Å². The van der Waals surface area contributed by atoms with Crippen molar-refractivity contribution in [3.05, 3.63) is 76.1 Å². The van der Waals surface area contributed by atoms with Crippen molar-refractivity contribution in [3.8, 4) is 6.07 Å². The van der Waals surface area contributed by atoms with Crippen molar-refractivity contribution in [2.45, 2.75) is 25.5 Å². The Kier molecular flexibility index (Phi) is 6.35. The van der Waals surface area contributed by atoms with E-state index in [9.17, 15) is 19.2 Å². The summed E-state index contributed by atoms with van der Waals surface area (Å²) in [6.45, 7) is 3.72. The second-order valence-corrected chi connectivity index (χ2v) is 7.65. The third kappa shape index (κ3) is 4.49. The van der Waals surface area contributed by atoms with E-state index < -0.39 is 17.0 Å². The molecule has 29 heavy (non-hydrogen) atoms. The number of aryl methyl sites for hydroxylation is 1. The van der Waals surface area contributed by atoms with Crippen LogP contribution in [-0.4, -0.2) is 23.7 Å². The number of ether oxygens (including phenoxy) is 1. The molecule has 0 spiro atoms. The highest BCUT2D eigenvalue weighted by Gasteiger charge is 2.41. The third-order valence-corrected chi connectivity index (χ3v) is 5.61. The van der Waals surface area contributed by atoms with E-state index in [0.717, 1.165) is 22.9 Å². The summed E-state index contributed by atoms with van der Waals surface area (Å²) in [5, 5.41) is 9.26. The van der Waals surface area contributed by atoms with Gasteiger partial charge in [0.2, 0.25) is 5.91 Å². The fraction of sp³-hybridized carbons (Fsp3) is 0.227. The van der Waals surface area contributed by atoms with E-state index in [-0.39, 0.29) is 23.1 Å². The molecular formula is C22H19FN2O3S. The van der Waals surface area contributed by atoms with Crippen molar-refractivity contribution in [3.63, 3.8) is 0 Å². The zero-order valence-electron chi connectivity index (χ0n) is 16.0. The van der Waals surface area contributed by atoms with Crippen LogP contribution in [0.5, 0.6) is 0 Å². The molecule has 2 aromatic rings. The van der Waals surface area contributed by atoms with Crippen LogP contribution in [0.4, 0.5) is 10.1 Å². The first-order valence-electron chi connectivity index (χ1n) is 9.07. The number of esters is 1. The van der Waals surface area contributed by atoms with Gasteiger partial charge < -0.3 is 4.74 Å². The van der Waals surface area contributed by atoms with Crippen LogP contribution in [0.25, 0.3) is 0 Å². The molecule has 1 aliphatic rings. The van der Waals surface area contributed by atoms with Crippen molar-refractivity contribution < 1.29 is 18.7 Å². The molecule has 1 fully saturated rings. The summed E-state index contributed by atoms with van der Waals surface area (Å²) in [4.78, 5) is 26.8. The van der Waals surface area contributed by atoms with Crippen molar-refractivity contribution in [1.82, 2.24) is 0 Å². The quantitative estimate of drug-likeness (QED) is 0.421. The average molecular weight is 410 g/mol. The Bertz CT molecular complexity index is 1010. The summed E-state index contributed by atoms with van der Waals surface area (Å²) >= 11 is 1.15. The lowest BCUT2D eigenvalue weighted by atomic mass is 10.1. The molecule has 1 atom stereocenters. The Labute approximate surface area is 172 Å². The maximum absolute atomic E-state index is 13.4. The summed E-state index contributed by atoms with van der Waals surface area (Å²) in [7, 11) is 0. The molecule has 0 saturated carbocycles. The third-order valence-electron chi connectivity index (χ3n) is 4.35. The molecule has 0 N–H and O–H groups in total. The van der Waals surface area contributed by atoms with Gasteiger partial charge in [0.1, 0.15) is 16.9 Å². The standard InChI is InChI=1S/C22H19FN2O3S/c1-3-28-22(27)18(13-24)21-25(17-9-7-16(23)8-10-17)20(26)19(29-21)12-15-6-4-5-14(2)11-15/h4-11,19H,3,12H2,1-2H3/b21-18+/t19-/m0/s1. The zero-order chi connectivity index (χ0) is 21.0. The fourth-order valence-electron chi connectivity index (χ4n) is 3.05. The number of carbonyl (C=O) groups excluding carboxylic acids is 2. The van der Waals surface area contributed by atoms with Crippen LogP contribution in [-0.2, 0) is 20.7 Å². The lowest BCUT2D eigenvalue weighted by Gasteiger charge is -2.18. The van der Waals surface area contributed by atoms with E-state index >= 15 is 0 Å². The second kappa shape index (κ2) is 8.93. The van der Waals surface area contributed by atoms with Crippen LogP contribution in [0.3, 0.4) is 0 Å². The summed E-state index contributed by atoms with van der Waals surface area (Å²) in [6.07, 6.45) is 0.438. The molecule has 1 amide bonds. The van der Waals surface area contributed by atoms with Gasteiger partial charge in [-0.15, -0.1) is 0 Å². The number of benzene rings is 2. The highest BCUT2D eigenvalue weighted by molar-refractivity contribution is 8.05. The average Bonchev–Trinajstić information content (AvgIpc) is 2.99. The van der Waals surface area contributed by atoms with E-state index in [1.165, 1.54) is 29.2 Å². The summed E-state index contributed by atoms with van der Waals surface area (Å²) in [5.74, 6) is -1.50. The van der Waals surface area contributed by atoms with Crippen LogP contribution in [0, 0.1) is 24.1 Å². The number of halogens is 1. The number of carbonyl (C=O) groups is 2. The van der Waals surface area contributed by atoms with E-state index in [1.807, 2.05) is 37.3 Å². The molecule has 1 aliphatic heterocycles. The van der Waals surface area contributed by atoms with E-state index in [2.05, 4.69) is 0 Å². The summed E-state index contributed by atoms with van der Waals surface area (Å²) in [6, 6.07) is 15.0. The minimum atomic E-state index is -0.784. The van der Waals surface area contributed by atoms with Gasteiger partial charge >= 0.3 is 5.97 Å².